The molecule has 0 spiro atoms. The standard InChI is InChI=1S/C24H16F2N2O4/c1-30-15-4-2-3-13(9-15)24(29)31-16-6-8-18-21(11-16)32-23(28)19(12-27)22(18)17-7-5-14(25)10-20(17)26/h2-11,22H,28H2,1H3/t22-/m0/s1. The Labute approximate surface area is 182 Å². The Bertz CT molecular complexity index is 1300. The molecule has 3 aromatic carbocycles. The average Bonchev–Trinajstić information content (AvgIpc) is 2.78. The first-order valence-electron chi connectivity index (χ1n) is 9.44. The Balaban J connectivity index is 1.70. The molecule has 0 saturated carbocycles. The number of nitrogens with two attached hydrogens (primary N) is 1. The fourth-order valence-electron chi connectivity index (χ4n) is 3.47. The number of carbonyl (C=O) groups excluding carboxylic acids is 1. The van der Waals surface area contributed by atoms with Gasteiger partial charge in [0, 0.05) is 23.3 Å². The summed E-state index contributed by atoms with van der Waals surface area (Å²) < 4.78 is 44.0. The fraction of sp³-hybridized carbons (Fsp3) is 0.0833. The van der Waals surface area contributed by atoms with Crippen molar-refractivity contribution in [2.24, 2.45) is 5.73 Å². The number of halogens is 2. The molecule has 4 rings (SSSR count). The SMILES string of the molecule is COc1cccc(C(=O)Oc2ccc3c(c2)OC(N)=C(C#N)[C@H]3c2ccc(F)cc2F)c1. The summed E-state index contributed by atoms with van der Waals surface area (Å²) in [4.78, 5) is 12.5. The monoisotopic (exact) mass is 434 g/mol. The number of hydrogen-bond donors (Lipinski definition) is 1. The van der Waals surface area contributed by atoms with Gasteiger partial charge in [0.25, 0.3) is 0 Å². The highest BCUT2D eigenvalue weighted by Gasteiger charge is 2.33. The quantitative estimate of drug-likeness (QED) is 0.483. The zero-order chi connectivity index (χ0) is 22.8. The highest BCUT2D eigenvalue weighted by Crippen LogP contribution is 2.44. The molecule has 0 aromatic heterocycles. The van der Waals surface area contributed by atoms with Gasteiger partial charge in [-0.05, 0) is 30.3 Å². The number of methoxy groups -OCH3 is 1. The van der Waals surface area contributed by atoms with Crippen LogP contribution in [0.25, 0.3) is 0 Å². The Morgan fingerprint density at radius 1 is 1.06 bits per heavy atom. The van der Waals surface area contributed by atoms with Crippen LogP contribution in [0.2, 0.25) is 0 Å². The van der Waals surface area contributed by atoms with Gasteiger partial charge in [0.05, 0.1) is 18.6 Å². The smallest absolute Gasteiger partial charge is 0.343 e. The molecule has 6 nitrogen and oxygen atoms in total. The van der Waals surface area contributed by atoms with Crippen molar-refractivity contribution in [2.75, 3.05) is 7.11 Å². The third-order valence-electron chi connectivity index (χ3n) is 4.98. The molecule has 0 aliphatic carbocycles. The van der Waals surface area contributed by atoms with Crippen LogP contribution in [-0.4, -0.2) is 13.1 Å². The minimum atomic E-state index is -0.910. The maximum atomic E-state index is 14.5. The van der Waals surface area contributed by atoms with E-state index < -0.39 is 23.5 Å². The second kappa shape index (κ2) is 8.40. The van der Waals surface area contributed by atoms with E-state index in [-0.39, 0.29) is 34.1 Å². The molecule has 1 heterocycles. The number of benzene rings is 3. The summed E-state index contributed by atoms with van der Waals surface area (Å²) >= 11 is 0. The van der Waals surface area contributed by atoms with Crippen molar-refractivity contribution in [3.05, 3.63) is 100 Å². The Morgan fingerprint density at radius 2 is 1.84 bits per heavy atom. The van der Waals surface area contributed by atoms with E-state index in [0.29, 0.717) is 11.3 Å². The molecular weight excluding hydrogens is 418 g/mol. The summed E-state index contributed by atoms with van der Waals surface area (Å²) in [5, 5.41) is 9.56. The lowest BCUT2D eigenvalue weighted by atomic mass is 9.83. The van der Waals surface area contributed by atoms with Crippen molar-refractivity contribution in [2.45, 2.75) is 5.92 Å². The molecule has 1 aliphatic rings. The minimum Gasteiger partial charge on any atom is -0.497 e. The van der Waals surface area contributed by atoms with E-state index in [0.717, 1.165) is 12.1 Å². The highest BCUT2D eigenvalue weighted by atomic mass is 19.1. The summed E-state index contributed by atoms with van der Waals surface area (Å²) in [5.74, 6) is -2.47. The van der Waals surface area contributed by atoms with Crippen molar-refractivity contribution < 1.29 is 27.8 Å². The van der Waals surface area contributed by atoms with Crippen LogP contribution in [-0.2, 0) is 0 Å². The first kappa shape index (κ1) is 20.9. The number of carbonyl (C=O) groups is 1. The summed E-state index contributed by atoms with van der Waals surface area (Å²) in [7, 11) is 1.49. The van der Waals surface area contributed by atoms with Gasteiger partial charge in [-0.1, -0.05) is 18.2 Å². The van der Waals surface area contributed by atoms with Gasteiger partial charge in [-0.25, -0.2) is 13.6 Å². The van der Waals surface area contributed by atoms with Gasteiger partial charge in [-0.3, -0.25) is 0 Å². The van der Waals surface area contributed by atoms with Crippen LogP contribution in [0.3, 0.4) is 0 Å². The maximum absolute atomic E-state index is 14.5. The van der Waals surface area contributed by atoms with Crippen LogP contribution in [0.15, 0.2) is 72.1 Å². The van der Waals surface area contributed by atoms with Crippen molar-refractivity contribution in [1.82, 2.24) is 0 Å². The zero-order valence-electron chi connectivity index (χ0n) is 16.8. The molecule has 1 atom stereocenters. The molecule has 1 aliphatic heterocycles. The third-order valence-corrected chi connectivity index (χ3v) is 4.98. The van der Waals surface area contributed by atoms with Crippen LogP contribution >= 0.6 is 0 Å². The Morgan fingerprint density at radius 3 is 2.56 bits per heavy atom. The van der Waals surface area contributed by atoms with Gasteiger partial charge < -0.3 is 19.9 Å². The van der Waals surface area contributed by atoms with Gasteiger partial charge in [-0.2, -0.15) is 5.26 Å². The number of nitrogens with zero attached hydrogens (tertiary/aromatic N) is 1. The predicted molar refractivity (Wildman–Crippen MR) is 110 cm³/mol. The molecule has 32 heavy (non-hydrogen) atoms. The molecular formula is C24H16F2N2O4. The second-order valence-corrected chi connectivity index (χ2v) is 6.91. The minimum absolute atomic E-state index is 0.0101. The van der Waals surface area contributed by atoms with Gasteiger partial charge in [-0.15, -0.1) is 0 Å². The molecule has 0 amide bonds. The van der Waals surface area contributed by atoms with Crippen molar-refractivity contribution in [1.29, 1.82) is 5.26 Å². The van der Waals surface area contributed by atoms with E-state index in [1.807, 2.05) is 6.07 Å². The number of esters is 1. The van der Waals surface area contributed by atoms with Crippen molar-refractivity contribution in [3.8, 4) is 23.3 Å². The second-order valence-electron chi connectivity index (χ2n) is 6.91. The van der Waals surface area contributed by atoms with E-state index in [2.05, 4.69) is 0 Å². The number of nitriles is 1. The first-order chi connectivity index (χ1) is 15.4. The van der Waals surface area contributed by atoms with Gasteiger partial charge in [0.1, 0.15) is 40.5 Å². The van der Waals surface area contributed by atoms with Gasteiger partial charge >= 0.3 is 5.97 Å². The largest absolute Gasteiger partial charge is 0.497 e. The van der Waals surface area contributed by atoms with Gasteiger partial charge in [0.15, 0.2) is 0 Å². The summed E-state index contributed by atoms with van der Waals surface area (Å²) in [6.07, 6.45) is 0. The molecule has 0 fully saturated rings. The summed E-state index contributed by atoms with van der Waals surface area (Å²) in [6, 6.07) is 15.9. The normalized spacial score (nSPS) is 14.8. The molecule has 0 bridgehead atoms. The van der Waals surface area contributed by atoms with Crippen LogP contribution in [0.5, 0.6) is 17.2 Å². The summed E-state index contributed by atoms with van der Waals surface area (Å²) in [6.45, 7) is 0. The van der Waals surface area contributed by atoms with Crippen LogP contribution in [0, 0.1) is 23.0 Å². The number of rotatable bonds is 4. The number of allylic oxidation sites excluding steroid dienone is 1. The van der Waals surface area contributed by atoms with Crippen LogP contribution < -0.4 is 19.9 Å². The molecule has 2 N–H and O–H groups in total. The fourth-order valence-corrected chi connectivity index (χ4v) is 3.47. The lowest BCUT2D eigenvalue weighted by molar-refractivity contribution is 0.0734. The molecule has 0 unspecified atom stereocenters. The lowest BCUT2D eigenvalue weighted by Gasteiger charge is -2.27. The van der Waals surface area contributed by atoms with Crippen molar-refractivity contribution >= 4 is 5.97 Å². The lowest BCUT2D eigenvalue weighted by Crippen LogP contribution is -2.22. The van der Waals surface area contributed by atoms with E-state index in [4.69, 9.17) is 19.9 Å². The molecule has 160 valence electrons. The maximum Gasteiger partial charge on any atom is 0.343 e. The molecule has 8 heteroatoms. The van der Waals surface area contributed by atoms with E-state index in [9.17, 15) is 18.8 Å². The molecule has 0 saturated heterocycles. The van der Waals surface area contributed by atoms with E-state index >= 15 is 0 Å². The van der Waals surface area contributed by atoms with E-state index in [1.54, 1.807) is 24.3 Å². The third kappa shape index (κ3) is 3.84. The topological polar surface area (TPSA) is 94.6 Å². The Kier molecular flexibility index (Phi) is 5.48. The predicted octanol–water partition coefficient (Wildman–Crippen LogP) is 4.41. The van der Waals surface area contributed by atoms with Crippen LogP contribution in [0.4, 0.5) is 8.78 Å². The van der Waals surface area contributed by atoms with Crippen LogP contribution in [0.1, 0.15) is 27.4 Å². The molecule has 0 radical (unpaired) electrons. The zero-order valence-corrected chi connectivity index (χ0v) is 16.8. The van der Waals surface area contributed by atoms with E-state index in [1.165, 1.54) is 31.4 Å². The van der Waals surface area contributed by atoms with Crippen molar-refractivity contribution in [3.63, 3.8) is 0 Å². The number of fused-ring (bicyclic) bond motifs is 1. The number of ether oxygens (including phenoxy) is 3. The number of hydrogen-bond acceptors (Lipinski definition) is 6. The highest BCUT2D eigenvalue weighted by molar-refractivity contribution is 5.91. The molecule has 3 aromatic rings. The average molecular weight is 434 g/mol. The summed E-state index contributed by atoms with van der Waals surface area (Å²) in [5.41, 5.74) is 6.66. The van der Waals surface area contributed by atoms with Gasteiger partial charge in [0.2, 0.25) is 5.88 Å². The Hall–Kier alpha value is -4.38. The first-order valence-corrected chi connectivity index (χ1v) is 9.44.